The van der Waals surface area contributed by atoms with Gasteiger partial charge in [-0.05, 0) is 43.9 Å². The van der Waals surface area contributed by atoms with Crippen LogP contribution in [0.3, 0.4) is 0 Å². The van der Waals surface area contributed by atoms with Crippen LogP contribution >= 0.6 is 11.8 Å². The quantitative estimate of drug-likeness (QED) is 0.745. The molecule has 0 aromatic heterocycles. The molecule has 0 bridgehead atoms. The molecule has 0 aliphatic carbocycles. The van der Waals surface area contributed by atoms with Gasteiger partial charge in [-0.15, -0.1) is 0 Å². The van der Waals surface area contributed by atoms with E-state index < -0.39 is 0 Å². The summed E-state index contributed by atoms with van der Waals surface area (Å²) in [5.41, 5.74) is 0. The first-order valence-corrected chi connectivity index (χ1v) is 7.64. The molecule has 0 amide bonds. The molecule has 90 valence electrons. The third kappa shape index (κ3) is 5.26. The van der Waals surface area contributed by atoms with Crippen molar-refractivity contribution < 1.29 is 0 Å². The van der Waals surface area contributed by atoms with Gasteiger partial charge in [-0.3, -0.25) is 0 Å². The van der Waals surface area contributed by atoms with Crippen LogP contribution < -0.4 is 5.32 Å². The summed E-state index contributed by atoms with van der Waals surface area (Å²) in [6.45, 7) is 8.02. The molecular weight excluding hydrogens is 202 g/mol. The summed E-state index contributed by atoms with van der Waals surface area (Å²) in [6, 6.07) is 0.766. The van der Waals surface area contributed by atoms with E-state index in [1.165, 1.54) is 37.9 Å². The summed E-state index contributed by atoms with van der Waals surface area (Å²) in [5.74, 6) is 2.23. The number of hydrogen-bond donors (Lipinski definition) is 1. The highest BCUT2D eigenvalue weighted by molar-refractivity contribution is 8.00. The van der Waals surface area contributed by atoms with Crippen LogP contribution in [0.5, 0.6) is 0 Å². The molecule has 0 saturated carbocycles. The Labute approximate surface area is 99.8 Å². The zero-order valence-electron chi connectivity index (χ0n) is 10.6. The second-order valence-corrected chi connectivity index (χ2v) is 6.39. The lowest BCUT2D eigenvalue weighted by atomic mass is 9.98. The Hall–Kier alpha value is 0.310. The van der Waals surface area contributed by atoms with E-state index in [4.69, 9.17) is 0 Å². The molecule has 15 heavy (non-hydrogen) atoms. The number of thioether (sulfide) groups is 1. The van der Waals surface area contributed by atoms with Gasteiger partial charge in [0, 0.05) is 11.3 Å². The highest BCUT2D eigenvalue weighted by Crippen LogP contribution is 2.29. The minimum atomic E-state index is 0.766. The monoisotopic (exact) mass is 229 g/mol. The average Bonchev–Trinajstić information content (AvgIpc) is 2.25. The zero-order valence-corrected chi connectivity index (χ0v) is 11.4. The van der Waals surface area contributed by atoms with Crippen molar-refractivity contribution in [1.82, 2.24) is 5.32 Å². The van der Waals surface area contributed by atoms with Crippen LogP contribution in [0.2, 0.25) is 0 Å². The van der Waals surface area contributed by atoms with Crippen LogP contribution in [-0.4, -0.2) is 23.6 Å². The summed E-state index contributed by atoms with van der Waals surface area (Å²) in [6.07, 6.45) is 7.05. The first kappa shape index (κ1) is 13.4. The van der Waals surface area contributed by atoms with Crippen LogP contribution in [0.25, 0.3) is 0 Å². The summed E-state index contributed by atoms with van der Waals surface area (Å²) in [5, 5.41) is 4.57. The number of nitrogens with one attached hydrogen (secondary N) is 1. The van der Waals surface area contributed by atoms with Crippen molar-refractivity contribution in [2.75, 3.05) is 12.3 Å². The van der Waals surface area contributed by atoms with Gasteiger partial charge in [0.1, 0.15) is 0 Å². The molecule has 1 N–H and O–H groups in total. The largest absolute Gasteiger partial charge is 0.313 e. The standard InChI is InChI=1S/C13H27NS/c1-4-14-12(9-8-11(2)3)13-7-5-6-10-15-13/h11-14H,4-10H2,1-3H3. The fourth-order valence-corrected chi connectivity index (χ4v) is 3.75. The molecule has 2 unspecified atom stereocenters. The first-order chi connectivity index (χ1) is 7.24. The molecule has 0 radical (unpaired) electrons. The van der Waals surface area contributed by atoms with Gasteiger partial charge in [0.15, 0.2) is 0 Å². The van der Waals surface area contributed by atoms with Gasteiger partial charge >= 0.3 is 0 Å². The van der Waals surface area contributed by atoms with E-state index in [-0.39, 0.29) is 0 Å². The van der Waals surface area contributed by atoms with E-state index in [2.05, 4.69) is 37.8 Å². The molecule has 1 aliphatic rings. The maximum absolute atomic E-state index is 3.69. The second-order valence-electron chi connectivity index (χ2n) is 5.04. The molecule has 0 spiro atoms. The van der Waals surface area contributed by atoms with E-state index in [0.29, 0.717) is 0 Å². The molecule has 2 atom stereocenters. The first-order valence-electron chi connectivity index (χ1n) is 6.59. The molecule has 1 aliphatic heterocycles. The van der Waals surface area contributed by atoms with Gasteiger partial charge < -0.3 is 5.32 Å². The third-order valence-electron chi connectivity index (χ3n) is 3.19. The summed E-state index contributed by atoms with van der Waals surface area (Å²) in [7, 11) is 0. The maximum Gasteiger partial charge on any atom is 0.0201 e. The average molecular weight is 229 g/mol. The van der Waals surface area contributed by atoms with Gasteiger partial charge in [-0.1, -0.05) is 27.2 Å². The van der Waals surface area contributed by atoms with E-state index in [9.17, 15) is 0 Å². The van der Waals surface area contributed by atoms with Gasteiger partial charge in [0.2, 0.25) is 0 Å². The molecule has 1 nitrogen and oxygen atoms in total. The molecule has 1 rings (SSSR count). The Morgan fingerprint density at radius 2 is 2.07 bits per heavy atom. The van der Waals surface area contributed by atoms with Crippen molar-refractivity contribution >= 4 is 11.8 Å². The lowest BCUT2D eigenvalue weighted by molar-refractivity contribution is 0.409. The maximum atomic E-state index is 3.69. The Kier molecular flexibility index (Phi) is 6.74. The molecular formula is C13H27NS. The second kappa shape index (κ2) is 7.56. The highest BCUT2D eigenvalue weighted by Gasteiger charge is 2.23. The SMILES string of the molecule is CCNC(CCC(C)C)C1CCCCS1. The van der Waals surface area contributed by atoms with Crippen LogP contribution in [0.15, 0.2) is 0 Å². The Bertz CT molecular complexity index is 153. The fraction of sp³-hybridized carbons (Fsp3) is 1.00. The van der Waals surface area contributed by atoms with Crippen LogP contribution in [-0.2, 0) is 0 Å². The van der Waals surface area contributed by atoms with Gasteiger partial charge in [0.05, 0.1) is 0 Å². The smallest absolute Gasteiger partial charge is 0.0201 e. The zero-order chi connectivity index (χ0) is 11.1. The summed E-state index contributed by atoms with van der Waals surface area (Å²) < 4.78 is 0. The van der Waals surface area contributed by atoms with Gasteiger partial charge in [-0.25, -0.2) is 0 Å². The highest BCUT2D eigenvalue weighted by atomic mass is 32.2. The molecule has 1 heterocycles. The molecule has 1 fully saturated rings. The van der Waals surface area contributed by atoms with Crippen LogP contribution in [0.4, 0.5) is 0 Å². The number of rotatable bonds is 6. The van der Waals surface area contributed by atoms with Crippen molar-refractivity contribution in [3.63, 3.8) is 0 Å². The Morgan fingerprint density at radius 3 is 2.60 bits per heavy atom. The predicted octanol–water partition coefficient (Wildman–Crippen LogP) is 3.69. The third-order valence-corrected chi connectivity index (χ3v) is 4.70. The van der Waals surface area contributed by atoms with Crippen molar-refractivity contribution in [1.29, 1.82) is 0 Å². The van der Waals surface area contributed by atoms with E-state index in [1.807, 2.05) is 0 Å². The van der Waals surface area contributed by atoms with E-state index in [1.54, 1.807) is 0 Å². The van der Waals surface area contributed by atoms with Crippen molar-refractivity contribution in [3.8, 4) is 0 Å². The lowest BCUT2D eigenvalue weighted by Crippen LogP contribution is -2.39. The normalized spacial score (nSPS) is 24.4. The van der Waals surface area contributed by atoms with Crippen molar-refractivity contribution in [2.45, 2.75) is 64.2 Å². The summed E-state index contributed by atoms with van der Waals surface area (Å²) >= 11 is 2.20. The molecule has 1 saturated heterocycles. The molecule has 0 aromatic carbocycles. The molecule has 2 heteroatoms. The number of hydrogen-bond acceptors (Lipinski definition) is 2. The summed E-state index contributed by atoms with van der Waals surface area (Å²) in [4.78, 5) is 0. The van der Waals surface area contributed by atoms with Gasteiger partial charge in [0.25, 0.3) is 0 Å². The van der Waals surface area contributed by atoms with E-state index in [0.717, 1.165) is 23.8 Å². The van der Waals surface area contributed by atoms with Crippen molar-refractivity contribution in [3.05, 3.63) is 0 Å². The lowest BCUT2D eigenvalue weighted by Gasteiger charge is -2.30. The van der Waals surface area contributed by atoms with Gasteiger partial charge in [-0.2, -0.15) is 11.8 Å². The minimum Gasteiger partial charge on any atom is -0.313 e. The van der Waals surface area contributed by atoms with Crippen LogP contribution in [0.1, 0.15) is 52.9 Å². The predicted molar refractivity (Wildman–Crippen MR) is 71.6 cm³/mol. The van der Waals surface area contributed by atoms with Crippen LogP contribution in [0, 0.1) is 5.92 Å². The van der Waals surface area contributed by atoms with E-state index >= 15 is 0 Å². The minimum absolute atomic E-state index is 0.766. The Balaban J connectivity index is 2.33. The topological polar surface area (TPSA) is 12.0 Å². The van der Waals surface area contributed by atoms with Crippen molar-refractivity contribution in [2.24, 2.45) is 5.92 Å². The Morgan fingerprint density at radius 1 is 1.27 bits per heavy atom. The fourth-order valence-electron chi connectivity index (χ4n) is 2.28. The molecule has 0 aromatic rings.